The summed E-state index contributed by atoms with van der Waals surface area (Å²) in [6, 6.07) is 20.6. The second-order valence-electron chi connectivity index (χ2n) is 5.60. The van der Waals surface area contributed by atoms with E-state index in [-0.39, 0.29) is 5.69 Å². The largest absolute Gasteiger partial charge is 0.299 e. The van der Waals surface area contributed by atoms with Crippen LogP contribution in [-0.4, -0.2) is 14.5 Å². The Bertz CT molecular complexity index is 1070. The molecule has 0 saturated heterocycles. The van der Waals surface area contributed by atoms with Crippen LogP contribution in [0, 0.1) is 10.1 Å². The number of hydrogen-bond donors (Lipinski definition) is 0. The summed E-state index contributed by atoms with van der Waals surface area (Å²) in [5, 5.41) is 10.8. The van der Waals surface area contributed by atoms with Crippen molar-refractivity contribution in [3.63, 3.8) is 0 Å². The molecule has 0 bridgehead atoms. The van der Waals surface area contributed by atoms with Crippen LogP contribution >= 0.6 is 15.9 Å². The van der Waals surface area contributed by atoms with Gasteiger partial charge in [-0.25, -0.2) is 4.98 Å². The lowest BCUT2D eigenvalue weighted by Gasteiger charge is -2.06. The fourth-order valence-corrected chi connectivity index (χ4v) is 3.03. The lowest BCUT2D eigenvalue weighted by atomic mass is 10.0. The third-order valence-corrected chi connectivity index (χ3v) is 4.59. The molecular weight excluding hydrogens is 382 g/mol. The van der Waals surface area contributed by atoms with Crippen LogP contribution in [0.1, 0.15) is 0 Å². The summed E-state index contributed by atoms with van der Waals surface area (Å²) in [6.07, 6.45) is 1.80. The Kier molecular flexibility index (Phi) is 3.82. The summed E-state index contributed by atoms with van der Waals surface area (Å²) in [5.41, 5.74) is 4.90. The Balaban J connectivity index is 1.80. The first kappa shape index (κ1) is 15.5. The number of non-ortho nitro benzene ring substituents is 1. The molecule has 1 aromatic heterocycles. The molecule has 0 aliphatic heterocycles. The van der Waals surface area contributed by atoms with E-state index < -0.39 is 4.92 Å². The monoisotopic (exact) mass is 393 g/mol. The minimum atomic E-state index is -0.393. The van der Waals surface area contributed by atoms with Crippen LogP contribution in [0.3, 0.4) is 0 Å². The number of aromatic nitrogens is 2. The minimum absolute atomic E-state index is 0.0877. The van der Waals surface area contributed by atoms with Crippen molar-refractivity contribution in [2.24, 2.45) is 0 Å². The summed E-state index contributed by atoms with van der Waals surface area (Å²) in [5.74, 6) is 0. The van der Waals surface area contributed by atoms with Gasteiger partial charge in [0.25, 0.3) is 5.69 Å². The van der Waals surface area contributed by atoms with Crippen molar-refractivity contribution in [3.05, 3.63) is 87.6 Å². The van der Waals surface area contributed by atoms with Crippen molar-refractivity contribution in [3.8, 4) is 16.8 Å². The normalized spacial score (nSPS) is 10.9. The van der Waals surface area contributed by atoms with Gasteiger partial charge in [0.1, 0.15) is 6.33 Å². The summed E-state index contributed by atoms with van der Waals surface area (Å²) >= 11 is 3.44. The molecule has 0 N–H and O–H groups in total. The molecule has 0 unspecified atom stereocenters. The van der Waals surface area contributed by atoms with E-state index in [1.54, 1.807) is 18.5 Å². The van der Waals surface area contributed by atoms with Crippen LogP contribution in [-0.2, 0) is 0 Å². The first-order valence-corrected chi connectivity index (χ1v) is 8.39. The molecule has 1 heterocycles. The van der Waals surface area contributed by atoms with Gasteiger partial charge < -0.3 is 0 Å². The lowest BCUT2D eigenvalue weighted by Crippen LogP contribution is -1.91. The van der Waals surface area contributed by atoms with Crippen LogP contribution < -0.4 is 0 Å². The quantitative estimate of drug-likeness (QED) is 0.347. The standard InChI is InChI=1S/C19H12BrN3O2/c20-15-4-8-16(9-5-15)22-12-21-18-10-3-14(11-19(18)22)13-1-6-17(7-2-13)23(24)25/h1-12H. The van der Waals surface area contributed by atoms with Gasteiger partial charge in [0, 0.05) is 22.3 Å². The van der Waals surface area contributed by atoms with Crippen molar-refractivity contribution in [2.75, 3.05) is 0 Å². The maximum atomic E-state index is 10.8. The van der Waals surface area contributed by atoms with E-state index in [0.29, 0.717) is 0 Å². The smallest absolute Gasteiger partial charge is 0.269 e. The van der Waals surface area contributed by atoms with Crippen LogP contribution in [0.5, 0.6) is 0 Å². The highest BCUT2D eigenvalue weighted by molar-refractivity contribution is 9.10. The summed E-state index contributed by atoms with van der Waals surface area (Å²) in [7, 11) is 0. The molecule has 0 atom stereocenters. The molecule has 6 heteroatoms. The zero-order valence-corrected chi connectivity index (χ0v) is 14.6. The van der Waals surface area contributed by atoms with E-state index in [1.807, 2.05) is 47.0 Å². The number of nitro groups is 1. The molecule has 0 saturated carbocycles. The fourth-order valence-electron chi connectivity index (χ4n) is 2.77. The highest BCUT2D eigenvalue weighted by atomic mass is 79.9. The minimum Gasteiger partial charge on any atom is -0.299 e. The first-order valence-electron chi connectivity index (χ1n) is 7.60. The Morgan fingerprint density at radius 3 is 2.28 bits per heavy atom. The van der Waals surface area contributed by atoms with Gasteiger partial charge in [-0.1, -0.05) is 22.0 Å². The number of nitro benzene ring substituents is 1. The molecule has 0 aliphatic rings. The number of halogens is 1. The van der Waals surface area contributed by atoms with Crippen molar-refractivity contribution in [1.82, 2.24) is 9.55 Å². The number of fused-ring (bicyclic) bond motifs is 1. The molecule has 0 radical (unpaired) electrons. The van der Waals surface area contributed by atoms with Gasteiger partial charge >= 0.3 is 0 Å². The number of rotatable bonds is 3. The van der Waals surface area contributed by atoms with Crippen LogP contribution in [0.15, 0.2) is 77.5 Å². The van der Waals surface area contributed by atoms with Crippen LogP contribution in [0.4, 0.5) is 5.69 Å². The number of nitrogens with zero attached hydrogens (tertiary/aromatic N) is 3. The third kappa shape index (κ3) is 2.92. The molecular formula is C19H12BrN3O2. The van der Waals surface area contributed by atoms with E-state index in [9.17, 15) is 10.1 Å². The van der Waals surface area contributed by atoms with Crippen molar-refractivity contribution in [1.29, 1.82) is 0 Å². The van der Waals surface area contributed by atoms with Gasteiger partial charge in [0.2, 0.25) is 0 Å². The second kappa shape index (κ2) is 6.14. The maximum absolute atomic E-state index is 10.8. The topological polar surface area (TPSA) is 61.0 Å². The van der Waals surface area contributed by atoms with Gasteiger partial charge in [0.15, 0.2) is 0 Å². The van der Waals surface area contributed by atoms with E-state index in [1.165, 1.54) is 12.1 Å². The zero-order valence-electron chi connectivity index (χ0n) is 13.0. The average molecular weight is 394 g/mol. The molecule has 0 spiro atoms. The number of benzene rings is 3. The Morgan fingerprint density at radius 1 is 0.920 bits per heavy atom. The Morgan fingerprint density at radius 2 is 1.60 bits per heavy atom. The number of imidazole rings is 1. The summed E-state index contributed by atoms with van der Waals surface area (Å²) < 4.78 is 3.05. The van der Waals surface area contributed by atoms with Gasteiger partial charge in [-0.2, -0.15) is 0 Å². The summed E-state index contributed by atoms with van der Waals surface area (Å²) in [4.78, 5) is 14.9. The highest BCUT2D eigenvalue weighted by Crippen LogP contribution is 2.27. The number of hydrogen-bond acceptors (Lipinski definition) is 3. The molecule has 0 fully saturated rings. The van der Waals surface area contributed by atoms with E-state index in [4.69, 9.17) is 0 Å². The first-order chi connectivity index (χ1) is 12.1. The second-order valence-corrected chi connectivity index (χ2v) is 6.51. The highest BCUT2D eigenvalue weighted by Gasteiger charge is 2.09. The predicted molar refractivity (Wildman–Crippen MR) is 101 cm³/mol. The predicted octanol–water partition coefficient (Wildman–Crippen LogP) is 5.36. The Hall–Kier alpha value is -2.99. The van der Waals surface area contributed by atoms with Crippen molar-refractivity contribution in [2.45, 2.75) is 0 Å². The SMILES string of the molecule is O=[N+]([O-])c1ccc(-c2ccc3ncn(-c4ccc(Br)cc4)c3c2)cc1. The zero-order chi connectivity index (χ0) is 17.4. The van der Waals surface area contributed by atoms with Crippen molar-refractivity contribution < 1.29 is 4.92 Å². The van der Waals surface area contributed by atoms with E-state index in [0.717, 1.165) is 32.3 Å². The van der Waals surface area contributed by atoms with Gasteiger partial charge in [0.05, 0.1) is 16.0 Å². The van der Waals surface area contributed by atoms with Crippen molar-refractivity contribution >= 4 is 32.7 Å². The fraction of sp³-hybridized carbons (Fsp3) is 0. The molecule has 122 valence electrons. The average Bonchev–Trinajstić information content (AvgIpc) is 3.05. The molecule has 0 amide bonds. The molecule has 4 rings (SSSR count). The van der Waals surface area contributed by atoms with Gasteiger partial charge in [-0.3, -0.25) is 14.7 Å². The van der Waals surface area contributed by atoms with Crippen LogP contribution in [0.2, 0.25) is 0 Å². The Labute approximate surface area is 151 Å². The van der Waals surface area contributed by atoms with Crippen LogP contribution in [0.25, 0.3) is 27.8 Å². The van der Waals surface area contributed by atoms with E-state index >= 15 is 0 Å². The molecule has 0 aliphatic carbocycles. The molecule has 3 aromatic carbocycles. The molecule has 4 aromatic rings. The molecule has 25 heavy (non-hydrogen) atoms. The molecule has 5 nitrogen and oxygen atoms in total. The third-order valence-electron chi connectivity index (χ3n) is 4.06. The van der Waals surface area contributed by atoms with Gasteiger partial charge in [-0.05, 0) is 59.7 Å². The van der Waals surface area contributed by atoms with Gasteiger partial charge in [-0.15, -0.1) is 0 Å². The summed E-state index contributed by atoms with van der Waals surface area (Å²) in [6.45, 7) is 0. The lowest BCUT2D eigenvalue weighted by molar-refractivity contribution is -0.384. The maximum Gasteiger partial charge on any atom is 0.269 e. The van der Waals surface area contributed by atoms with E-state index in [2.05, 4.69) is 20.9 Å².